The summed E-state index contributed by atoms with van der Waals surface area (Å²) in [6.07, 6.45) is 0. The fraction of sp³-hybridized carbons (Fsp3) is 1.00. The Kier molecular flexibility index (Phi) is 22.4. The van der Waals surface area contributed by atoms with Gasteiger partial charge < -0.3 is 0 Å². The maximum atomic E-state index is 2.15. The van der Waals surface area contributed by atoms with Gasteiger partial charge in [0.2, 0.25) is 0 Å². The Bertz CT molecular complexity index is 6.00. The van der Waals surface area contributed by atoms with Gasteiger partial charge in [-0.2, -0.15) is 0 Å². The quantitative estimate of drug-likeness (QED) is 0.383. The summed E-state index contributed by atoms with van der Waals surface area (Å²) < 4.78 is 0. The van der Waals surface area contributed by atoms with E-state index in [1.165, 1.54) is 0 Å². The van der Waals surface area contributed by atoms with Crippen molar-refractivity contribution in [1.29, 1.82) is 0 Å². The van der Waals surface area contributed by atoms with Crippen molar-refractivity contribution in [3.05, 3.63) is 0 Å². The Morgan fingerprint density at radius 2 is 1.25 bits per heavy atom. The molecule has 0 saturated carbocycles. The van der Waals surface area contributed by atoms with E-state index in [-0.39, 0.29) is 4.70 Å². The van der Waals surface area contributed by atoms with Gasteiger partial charge in [0.25, 0.3) is 0 Å². The molecule has 0 nitrogen and oxygen atoms in total. The lowest BCUT2D eigenvalue weighted by atomic mass is 11.9. The van der Waals surface area contributed by atoms with E-state index in [4.69, 9.17) is 0 Å². The largest absolute Gasteiger partial charge is 0.269 e. The molecular weight excluding hydrogens is 74.0 g/mol. The molecular formula is C2H8FP. The standard InChI is InChI=1S/C2H7P.FH/c1-3-2;/h3H,1-2H3;1H. The van der Waals surface area contributed by atoms with E-state index in [2.05, 4.69) is 13.3 Å². The maximum Gasteiger partial charge on any atom is -0.0475 e. The van der Waals surface area contributed by atoms with Crippen LogP contribution >= 0.6 is 8.58 Å². The zero-order valence-electron chi connectivity index (χ0n) is 2.91. The van der Waals surface area contributed by atoms with Crippen LogP contribution in [0.4, 0.5) is 4.70 Å². The van der Waals surface area contributed by atoms with E-state index in [0.29, 0.717) is 0 Å². The second kappa shape index (κ2) is 10.1. The number of rotatable bonds is 0. The zero-order valence-corrected chi connectivity index (χ0v) is 3.91. The molecule has 2 heteroatoms. The lowest BCUT2D eigenvalue weighted by Crippen LogP contribution is -1.18. The van der Waals surface area contributed by atoms with Crippen molar-refractivity contribution in [2.45, 2.75) is 0 Å². The third-order valence-corrected chi connectivity index (χ3v) is 0. The van der Waals surface area contributed by atoms with Crippen LogP contribution in [0.3, 0.4) is 0 Å². The molecule has 28 valence electrons. The second-order valence-corrected chi connectivity index (χ2v) is 1.50. The van der Waals surface area contributed by atoms with Crippen LogP contribution in [0.25, 0.3) is 0 Å². The molecule has 0 heterocycles. The van der Waals surface area contributed by atoms with Gasteiger partial charge in [-0.05, 0) is 13.3 Å². The van der Waals surface area contributed by atoms with Gasteiger partial charge in [-0.15, -0.1) is 8.58 Å². The average Bonchev–Trinajstić information content (AvgIpc) is 0.918. The molecule has 0 aromatic carbocycles. The Morgan fingerprint density at radius 1 is 1.25 bits per heavy atom. The molecule has 0 aromatic rings. The summed E-state index contributed by atoms with van der Waals surface area (Å²) in [6.45, 7) is 4.31. The highest BCUT2D eigenvalue weighted by molar-refractivity contribution is 7.35. The van der Waals surface area contributed by atoms with Crippen LogP contribution in [-0.4, -0.2) is 13.3 Å². The van der Waals surface area contributed by atoms with Crippen molar-refractivity contribution in [3.8, 4) is 0 Å². The molecule has 0 aromatic heterocycles. The van der Waals surface area contributed by atoms with Crippen molar-refractivity contribution >= 4 is 8.58 Å². The topological polar surface area (TPSA) is 0 Å². The van der Waals surface area contributed by atoms with Gasteiger partial charge >= 0.3 is 0 Å². The first-order valence-electron chi connectivity index (χ1n) is 1.00. The molecule has 0 radical (unpaired) electrons. The summed E-state index contributed by atoms with van der Waals surface area (Å²) in [4.78, 5) is 0. The Hall–Kier alpha value is 0.360. The normalized spacial score (nSPS) is 4.50. The van der Waals surface area contributed by atoms with Crippen molar-refractivity contribution in [1.82, 2.24) is 0 Å². The Balaban J connectivity index is 0. The first kappa shape index (κ1) is 8.84. The molecule has 0 amide bonds. The lowest BCUT2D eigenvalue weighted by molar-refractivity contribution is 1.11. The van der Waals surface area contributed by atoms with Crippen LogP contribution in [0.5, 0.6) is 0 Å². The van der Waals surface area contributed by atoms with Gasteiger partial charge in [0.1, 0.15) is 0 Å². The van der Waals surface area contributed by atoms with E-state index >= 15 is 0 Å². The number of halogens is 1. The van der Waals surface area contributed by atoms with Crippen LogP contribution in [0.2, 0.25) is 0 Å². The van der Waals surface area contributed by atoms with Crippen molar-refractivity contribution in [2.24, 2.45) is 0 Å². The van der Waals surface area contributed by atoms with Crippen LogP contribution in [-0.2, 0) is 0 Å². The highest BCUT2D eigenvalue weighted by atomic mass is 31.1. The van der Waals surface area contributed by atoms with E-state index in [1.54, 1.807) is 0 Å². The first-order chi connectivity index (χ1) is 1.41. The SMILES string of the molecule is CPC.F. The van der Waals surface area contributed by atoms with Crippen LogP contribution in [0, 0.1) is 0 Å². The highest BCUT2D eigenvalue weighted by Crippen LogP contribution is 1.84. The summed E-state index contributed by atoms with van der Waals surface area (Å²) in [6, 6.07) is 0. The van der Waals surface area contributed by atoms with Crippen LogP contribution in [0.1, 0.15) is 0 Å². The summed E-state index contributed by atoms with van der Waals surface area (Å²) in [7, 11) is 1.08. The molecule has 4 heavy (non-hydrogen) atoms. The smallest absolute Gasteiger partial charge is 0.0475 e. The zero-order chi connectivity index (χ0) is 2.71. The van der Waals surface area contributed by atoms with Crippen LogP contribution in [0.15, 0.2) is 0 Å². The Labute approximate surface area is 27.7 Å². The Morgan fingerprint density at radius 3 is 1.25 bits per heavy atom. The van der Waals surface area contributed by atoms with Gasteiger partial charge in [-0.3, -0.25) is 4.70 Å². The predicted octanol–water partition coefficient (Wildman–Crippen LogP) is 1.08. The molecule has 0 aliphatic rings. The molecule has 0 N–H and O–H groups in total. The molecule has 0 fully saturated rings. The van der Waals surface area contributed by atoms with Crippen molar-refractivity contribution < 1.29 is 4.70 Å². The van der Waals surface area contributed by atoms with E-state index in [1.807, 2.05) is 0 Å². The van der Waals surface area contributed by atoms with Crippen molar-refractivity contribution in [2.75, 3.05) is 13.3 Å². The molecule has 0 atom stereocenters. The molecule has 0 unspecified atom stereocenters. The number of hydrogen-bond acceptors (Lipinski definition) is 0. The first-order valence-corrected chi connectivity index (χ1v) is 3.00. The summed E-state index contributed by atoms with van der Waals surface area (Å²) in [5.41, 5.74) is 0. The minimum Gasteiger partial charge on any atom is -0.269 e. The summed E-state index contributed by atoms with van der Waals surface area (Å²) in [5.74, 6) is 0. The fourth-order valence-corrected chi connectivity index (χ4v) is 0. The fourth-order valence-electron chi connectivity index (χ4n) is 0. The van der Waals surface area contributed by atoms with E-state index < -0.39 is 0 Å². The molecule has 0 rings (SSSR count). The number of hydrogen-bond donors (Lipinski definition) is 0. The second-order valence-electron chi connectivity index (χ2n) is 0.500. The van der Waals surface area contributed by atoms with Gasteiger partial charge in [0, 0.05) is 0 Å². The monoisotopic (exact) mass is 82.0 g/mol. The summed E-state index contributed by atoms with van der Waals surface area (Å²) in [5, 5.41) is 0. The third kappa shape index (κ3) is 33.7. The molecule has 0 bridgehead atoms. The van der Waals surface area contributed by atoms with Gasteiger partial charge in [-0.25, -0.2) is 0 Å². The predicted molar refractivity (Wildman–Crippen MR) is 22.7 cm³/mol. The van der Waals surface area contributed by atoms with Crippen LogP contribution < -0.4 is 0 Å². The lowest BCUT2D eigenvalue weighted by Gasteiger charge is -1.50. The minimum atomic E-state index is 0. The maximum absolute atomic E-state index is 2.15. The van der Waals surface area contributed by atoms with Gasteiger partial charge in [0.15, 0.2) is 0 Å². The van der Waals surface area contributed by atoms with E-state index in [0.717, 1.165) is 8.58 Å². The van der Waals surface area contributed by atoms with Gasteiger partial charge in [-0.1, -0.05) is 0 Å². The van der Waals surface area contributed by atoms with Gasteiger partial charge in [0.05, 0.1) is 0 Å². The third-order valence-electron chi connectivity index (χ3n) is 0. The molecule has 0 saturated heterocycles. The minimum absolute atomic E-state index is 0. The molecule has 0 aliphatic heterocycles. The van der Waals surface area contributed by atoms with Crippen molar-refractivity contribution in [3.63, 3.8) is 0 Å². The summed E-state index contributed by atoms with van der Waals surface area (Å²) >= 11 is 0. The van der Waals surface area contributed by atoms with E-state index in [9.17, 15) is 0 Å². The molecule has 0 spiro atoms. The average molecular weight is 82.1 g/mol. The molecule has 0 aliphatic carbocycles. The highest BCUT2D eigenvalue weighted by Gasteiger charge is 1.33.